The highest BCUT2D eigenvalue weighted by Crippen LogP contribution is 2.33. The Morgan fingerprint density at radius 3 is 2.37 bits per heavy atom. The SMILES string of the molecule is COc1ccc(N2CCN(c3nc(Nc4cc(C(C)(C)C)ccc4C)cc(OCCN4CCOCC4)n3)CC2(C)C)cc1. The van der Waals surface area contributed by atoms with E-state index in [1.165, 1.54) is 11.3 Å². The Labute approximate surface area is 257 Å². The lowest BCUT2D eigenvalue weighted by Crippen LogP contribution is -2.60. The molecule has 9 nitrogen and oxygen atoms in total. The molecular formula is C34H48N6O3. The number of rotatable bonds is 9. The van der Waals surface area contributed by atoms with Crippen LogP contribution in [0.2, 0.25) is 0 Å². The molecule has 9 heteroatoms. The third-order valence-corrected chi connectivity index (χ3v) is 8.39. The number of aryl methyl sites for hydroxylation is 1. The number of ether oxygens (including phenoxy) is 3. The number of aromatic nitrogens is 2. The second kappa shape index (κ2) is 13.0. The van der Waals surface area contributed by atoms with Crippen LogP contribution in [0.25, 0.3) is 0 Å². The van der Waals surface area contributed by atoms with Crippen LogP contribution in [0.1, 0.15) is 45.7 Å². The zero-order valence-electron chi connectivity index (χ0n) is 26.9. The number of piperazine rings is 1. The lowest BCUT2D eigenvalue weighted by molar-refractivity contribution is 0.0320. The first-order valence-electron chi connectivity index (χ1n) is 15.4. The van der Waals surface area contributed by atoms with Crippen molar-refractivity contribution in [2.75, 3.05) is 81.3 Å². The molecule has 5 rings (SSSR count). The van der Waals surface area contributed by atoms with Gasteiger partial charge in [-0.1, -0.05) is 32.9 Å². The number of benzene rings is 2. The molecule has 0 saturated carbocycles. The van der Waals surface area contributed by atoms with Crippen molar-refractivity contribution >= 4 is 23.1 Å². The minimum Gasteiger partial charge on any atom is -0.497 e. The van der Waals surface area contributed by atoms with Gasteiger partial charge in [0.2, 0.25) is 11.8 Å². The fraction of sp³-hybridized carbons (Fsp3) is 0.529. The zero-order chi connectivity index (χ0) is 30.6. The van der Waals surface area contributed by atoms with Gasteiger partial charge in [-0.05, 0) is 67.6 Å². The van der Waals surface area contributed by atoms with Gasteiger partial charge in [-0.25, -0.2) is 0 Å². The van der Waals surface area contributed by atoms with E-state index in [1.54, 1.807) is 7.11 Å². The predicted molar refractivity (Wildman–Crippen MR) is 175 cm³/mol. The van der Waals surface area contributed by atoms with Crippen molar-refractivity contribution in [3.63, 3.8) is 0 Å². The molecule has 3 heterocycles. The van der Waals surface area contributed by atoms with Crippen molar-refractivity contribution in [1.82, 2.24) is 14.9 Å². The molecule has 0 radical (unpaired) electrons. The van der Waals surface area contributed by atoms with Gasteiger partial charge in [0.25, 0.3) is 0 Å². The van der Waals surface area contributed by atoms with E-state index in [2.05, 4.69) is 91.9 Å². The minimum atomic E-state index is -0.144. The van der Waals surface area contributed by atoms with E-state index in [0.717, 1.165) is 75.3 Å². The van der Waals surface area contributed by atoms with Crippen LogP contribution in [0.4, 0.5) is 23.1 Å². The van der Waals surface area contributed by atoms with Crippen LogP contribution in [0.3, 0.4) is 0 Å². The molecule has 0 spiro atoms. The van der Waals surface area contributed by atoms with Crippen molar-refractivity contribution in [1.29, 1.82) is 0 Å². The van der Waals surface area contributed by atoms with Gasteiger partial charge in [0, 0.05) is 56.7 Å². The van der Waals surface area contributed by atoms with E-state index >= 15 is 0 Å². The molecule has 2 aromatic carbocycles. The summed E-state index contributed by atoms with van der Waals surface area (Å²) < 4.78 is 17.1. The maximum absolute atomic E-state index is 6.27. The Kier molecular flexibility index (Phi) is 9.32. The maximum atomic E-state index is 6.27. The second-order valence-corrected chi connectivity index (χ2v) is 13.2. The van der Waals surface area contributed by atoms with Crippen LogP contribution >= 0.6 is 0 Å². The van der Waals surface area contributed by atoms with Crippen molar-refractivity contribution < 1.29 is 14.2 Å². The number of nitrogens with zero attached hydrogens (tertiary/aromatic N) is 5. The minimum absolute atomic E-state index is 0.0455. The molecule has 43 heavy (non-hydrogen) atoms. The largest absolute Gasteiger partial charge is 0.497 e. The summed E-state index contributed by atoms with van der Waals surface area (Å²) in [6, 6.07) is 16.8. The molecule has 2 aliphatic heterocycles. The standard InChI is InChI=1S/C34H48N6O3/c1-25-8-9-26(33(2,3)4)22-29(25)35-30-23-31(43-21-18-38-16-19-42-20-17-38)37-32(36-30)39-14-15-40(34(5,6)24-39)27-10-12-28(41-7)13-11-27/h8-13,22-23H,14-21,24H2,1-7H3,(H,35,36,37). The normalized spacial score (nSPS) is 17.6. The Hall–Kier alpha value is -3.56. The molecule has 2 aliphatic rings. The van der Waals surface area contributed by atoms with Gasteiger partial charge in [0.15, 0.2) is 0 Å². The van der Waals surface area contributed by atoms with Gasteiger partial charge in [-0.2, -0.15) is 9.97 Å². The summed E-state index contributed by atoms with van der Waals surface area (Å²) in [5, 5.41) is 3.60. The molecular weight excluding hydrogens is 540 g/mol. The van der Waals surface area contributed by atoms with Gasteiger partial charge >= 0.3 is 0 Å². The molecule has 2 saturated heterocycles. The Balaban J connectivity index is 1.38. The molecule has 0 bridgehead atoms. The average molecular weight is 589 g/mol. The monoisotopic (exact) mass is 588 g/mol. The average Bonchev–Trinajstić information content (AvgIpc) is 2.98. The molecule has 1 aromatic heterocycles. The van der Waals surface area contributed by atoms with Gasteiger partial charge < -0.3 is 29.3 Å². The highest BCUT2D eigenvalue weighted by molar-refractivity contribution is 5.64. The predicted octanol–water partition coefficient (Wildman–Crippen LogP) is 5.65. The summed E-state index contributed by atoms with van der Waals surface area (Å²) in [4.78, 5) is 17.0. The Morgan fingerprint density at radius 2 is 1.70 bits per heavy atom. The topological polar surface area (TPSA) is 75.2 Å². The quantitative estimate of drug-likeness (QED) is 0.341. The highest BCUT2D eigenvalue weighted by Gasteiger charge is 2.35. The van der Waals surface area contributed by atoms with Crippen molar-refractivity contribution in [2.45, 2.75) is 52.5 Å². The zero-order valence-corrected chi connectivity index (χ0v) is 26.9. The van der Waals surface area contributed by atoms with Crippen LogP contribution in [0.15, 0.2) is 48.5 Å². The summed E-state index contributed by atoms with van der Waals surface area (Å²) in [5.74, 6) is 2.86. The van der Waals surface area contributed by atoms with Crippen molar-refractivity contribution in [3.8, 4) is 11.6 Å². The first-order valence-corrected chi connectivity index (χ1v) is 15.4. The number of methoxy groups -OCH3 is 1. The van der Waals surface area contributed by atoms with Gasteiger partial charge in [-0.15, -0.1) is 0 Å². The van der Waals surface area contributed by atoms with Crippen LogP contribution < -0.4 is 24.6 Å². The molecule has 0 unspecified atom stereocenters. The van der Waals surface area contributed by atoms with Crippen LogP contribution in [-0.2, 0) is 10.2 Å². The summed E-state index contributed by atoms with van der Waals surface area (Å²) in [7, 11) is 1.70. The van der Waals surface area contributed by atoms with Gasteiger partial charge in [0.05, 0.1) is 25.9 Å². The van der Waals surface area contributed by atoms with Crippen LogP contribution in [0.5, 0.6) is 11.6 Å². The van der Waals surface area contributed by atoms with E-state index in [0.29, 0.717) is 18.4 Å². The fourth-order valence-corrected chi connectivity index (χ4v) is 5.72. The summed E-state index contributed by atoms with van der Waals surface area (Å²) in [5.41, 5.74) is 4.56. The van der Waals surface area contributed by atoms with Crippen molar-refractivity contribution in [2.24, 2.45) is 0 Å². The summed E-state index contributed by atoms with van der Waals surface area (Å²) in [6.07, 6.45) is 0. The van der Waals surface area contributed by atoms with Crippen molar-refractivity contribution in [3.05, 3.63) is 59.7 Å². The molecule has 0 aliphatic carbocycles. The number of hydrogen-bond acceptors (Lipinski definition) is 9. The number of anilines is 4. The lowest BCUT2D eigenvalue weighted by Gasteiger charge is -2.48. The molecule has 2 fully saturated rings. The van der Waals surface area contributed by atoms with E-state index in [-0.39, 0.29) is 11.0 Å². The number of morpholine rings is 1. The van der Waals surface area contributed by atoms with E-state index in [4.69, 9.17) is 24.2 Å². The Morgan fingerprint density at radius 1 is 0.953 bits per heavy atom. The van der Waals surface area contributed by atoms with Crippen LogP contribution in [-0.4, -0.2) is 86.6 Å². The van der Waals surface area contributed by atoms with Gasteiger partial charge in [-0.3, -0.25) is 4.90 Å². The molecule has 0 atom stereocenters. The smallest absolute Gasteiger partial charge is 0.230 e. The van der Waals surface area contributed by atoms with Gasteiger partial charge in [0.1, 0.15) is 18.2 Å². The Bertz CT molecular complexity index is 1370. The summed E-state index contributed by atoms with van der Waals surface area (Å²) in [6.45, 7) is 20.6. The summed E-state index contributed by atoms with van der Waals surface area (Å²) >= 11 is 0. The number of nitrogens with one attached hydrogen (secondary N) is 1. The highest BCUT2D eigenvalue weighted by atomic mass is 16.5. The molecule has 3 aromatic rings. The number of hydrogen-bond donors (Lipinski definition) is 1. The van der Waals surface area contributed by atoms with E-state index < -0.39 is 0 Å². The first-order chi connectivity index (χ1) is 20.5. The first kappa shape index (κ1) is 30.9. The molecule has 232 valence electrons. The third-order valence-electron chi connectivity index (χ3n) is 8.39. The van der Waals surface area contributed by atoms with E-state index in [1.807, 2.05) is 18.2 Å². The second-order valence-electron chi connectivity index (χ2n) is 13.2. The van der Waals surface area contributed by atoms with E-state index in [9.17, 15) is 0 Å². The third kappa shape index (κ3) is 7.70. The van der Waals surface area contributed by atoms with Crippen LogP contribution in [0, 0.1) is 6.92 Å². The fourth-order valence-electron chi connectivity index (χ4n) is 5.72. The molecule has 0 amide bonds. The maximum Gasteiger partial charge on any atom is 0.230 e. The lowest BCUT2D eigenvalue weighted by atomic mass is 9.86. The molecule has 1 N–H and O–H groups in total.